The lowest BCUT2D eigenvalue weighted by atomic mass is 9.96. The van der Waals surface area contributed by atoms with Crippen molar-refractivity contribution < 1.29 is 19.4 Å². The molecule has 2 N–H and O–H groups in total. The van der Waals surface area contributed by atoms with Gasteiger partial charge in [0.15, 0.2) is 0 Å². The largest absolute Gasteiger partial charge is 0.494 e. The van der Waals surface area contributed by atoms with Gasteiger partial charge in [0.05, 0.1) is 12.5 Å². The van der Waals surface area contributed by atoms with Crippen LogP contribution in [0.1, 0.15) is 18.9 Å². The fraction of sp³-hybridized carbons (Fsp3) is 0.263. The maximum Gasteiger partial charge on any atom is 0.307 e. The predicted molar refractivity (Wildman–Crippen MR) is 92.1 cm³/mol. The Bertz CT molecular complexity index is 668. The first-order valence-corrected chi connectivity index (χ1v) is 7.88. The molecule has 1 atom stereocenters. The van der Waals surface area contributed by atoms with E-state index >= 15 is 0 Å². The zero-order valence-corrected chi connectivity index (χ0v) is 13.6. The third kappa shape index (κ3) is 5.43. The lowest BCUT2D eigenvalue weighted by Crippen LogP contribution is -2.24. The normalized spacial score (nSPS) is 11.5. The van der Waals surface area contributed by atoms with E-state index in [4.69, 9.17) is 4.74 Å². The highest BCUT2D eigenvalue weighted by atomic mass is 16.5. The van der Waals surface area contributed by atoms with E-state index in [9.17, 15) is 14.7 Å². The smallest absolute Gasteiger partial charge is 0.307 e. The van der Waals surface area contributed by atoms with Crippen LogP contribution >= 0.6 is 0 Å². The SMILES string of the molecule is CCOc1ccc(NC(=O)C[C@H](Cc2ccccc2)C(=O)O)cc1. The van der Waals surface area contributed by atoms with E-state index in [0.29, 0.717) is 18.7 Å². The highest BCUT2D eigenvalue weighted by molar-refractivity contribution is 5.93. The first-order chi connectivity index (χ1) is 11.6. The van der Waals surface area contributed by atoms with Crippen molar-refractivity contribution in [2.24, 2.45) is 5.92 Å². The summed E-state index contributed by atoms with van der Waals surface area (Å²) in [5.41, 5.74) is 1.52. The van der Waals surface area contributed by atoms with Gasteiger partial charge in [-0.05, 0) is 43.2 Å². The number of rotatable bonds is 8. The lowest BCUT2D eigenvalue weighted by Gasteiger charge is -2.13. The molecule has 0 fully saturated rings. The summed E-state index contributed by atoms with van der Waals surface area (Å²) >= 11 is 0. The molecule has 5 heteroatoms. The second-order valence-electron chi connectivity index (χ2n) is 5.43. The van der Waals surface area contributed by atoms with Gasteiger partial charge in [-0.3, -0.25) is 9.59 Å². The molecule has 0 bridgehead atoms. The highest BCUT2D eigenvalue weighted by Crippen LogP contribution is 2.18. The first-order valence-electron chi connectivity index (χ1n) is 7.88. The number of carboxylic acids is 1. The molecule has 0 heterocycles. The van der Waals surface area contributed by atoms with Crippen LogP contribution in [0.25, 0.3) is 0 Å². The van der Waals surface area contributed by atoms with Crippen molar-refractivity contribution in [3.63, 3.8) is 0 Å². The van der Waals surface area contributed by atoms with Gasteiger partial charge in [0.2, 0.25) is 5.91 Å². The molecule has 0 spiro atoms. The van der Waals surface area contributed by atoms with Gasteiger partial charge in [0, 0.05) is 12.1 Å². The average Bonchev–Trinajstić information content (AvgIpc) is 2.57. The van der Waals surface area contributed by atoms with Crippen molar-refractivity contribution in [2.75, 3.05) is 11.9 Å². The summed E-state index contributed by atoms with van der Waals surface area (Å²) in [6.07, 6.45) is 0.254. The lowest BCUT2D eigenvalue weighted by molar-refractivity contribution is -0.143. The Balaban J connectivity index is 1.94. The number of amides is 1. The van der Waals surface area contributed by atoms with Gasteiger partial charge in [-0.1, -0.05) is 30.3 Å². The number of aliphatic carboxylic acids is 1. The summed E-state index contributed by atoms with van der Waals surface area (Å²) in [5.74, 6) is -1.32. The summed E-state index contributed by atoms with van der Waals surface area (Å²) in [4.78, 5) is 23.5. The molecule has 0 radical (unpaired) electrons. The van der Waals surface area contributed by atoms with E-state index in [1.165, 1.54) is 0 Å². The van der Waals surface area contributed by atoms with Gasteiger partial charge < -0.3 is 15.2 Å². The number of hydrogen-bond acceptors (Lipinski definition) is 3. The van der Waals surface area contributed by atoms with Crippen LogP contribution in [0, 0.1) is 5.92 Å². The molecule has 5 nitrogen and oxygen atoms in total. The third-order valence-electron chi connectivity index (χ3n) is 3.56. The van der Waals surface area contributed by atoms with Gasteiger partial charge in [0.25, 0.3) is 0 Å². The van der Waals surface area contributed by atoms with Crippen LogP contribution in [0.3, 0.4) is 0 Å². The molecule has 2 aromatic carbocycles. The predicted octanol–water partition coefficient (Wildman–Crippen LogP) is 3.36. The summed E-state index contributed by atoms with van der Waals surface area (Å²) in [7, 11) is 0. The molecular weight excluding hydrogens is 306 g/mol. The minimum atomic E-state index is -0.972. The van der Waals surface area contributed by atoms with Crippen LogP contribution in [0.5, 0.6) is 5.75 Å². The fourth-order valence-corrected chi connectivity index (χ4v) is 2.38. The minimum absolute atomic E-state index is 0.0720. The average molecular weight is 327 g/mol. The molecule has 0 aliphatic rings. The van der Waals surface area contributed by atoms with E-state index < -0.39 is 11.9 Å². The molecule has 0 aromatic heterocycles. The maximum atomic E-state index is 12.1. The van der Waals surface area contributed by atoms with Crippen molar-refractivity contribution in [2.45, 2.75) is 19.8 Å². The van der Waals surface area contributed by atoms with Crippen LogP contribution in [-0.2, 0) is 16.0 Å². The number of hydrogen-bond donors (Lipinski definition) is 2. The molecule has 126 valence electrons. The molecule has 1 amide bonds. The van der Waals surface area contributed by atoms with Crippen LogP contribution in [0.4, 0.5) is 5.69 Å². The number of carbonyl (C=O) groups excluding carboxylic acids is 1. The Labute approximate surface area is 141 Å². The molecule has 2 rings (SSSR count). The van der Waals surface area contributed by atoms with Crippen LogP contribution in [0.15, 0.2) is 54.6 Å². The zero-order chi connectivity index (χ0) is 17.4. The van der Waals surface area contributed by atoms with E-state index in [1.807, 2.05) is 37.3 Å². The van der Waals surface area contributed by atoms with Crippen molar-refractivity contribution >= 4 is 17.6 Å². The topological polar surface area (TPSA) is 75.6 Å². The Morgan fingerprint density at radius 1 is 1.08 bits per heavy atom. The van der Waals surface area contributed by atoms with Gasteiger partial charge >= 0.3 is 5.97 Å². The Morgan fingerprint density at radius 3 is 2.33 bits per heavy atom. The molecule has 24 heavy (non-hydrogen) atoms. The molecule has 0 saturated carbocycles. The summed E-state index contributed by atoms with van der Waals surface area (Å²) in [6, 6.07) is 16.3. The summed E-state index contributed by atoms with van der Waals surface area (Å²) in [6.45, 7) is 2.47. The number of carbonyl (C=O) groups is 2. The van der Waals surface area contributed by atoms with E-state index in [-0.39, 0.29) is 12.3 Å². The van der Waals surface area contributed by atoms with Crippen molar-refractivity contribution in [1.82, 2.24) is 0 Å². The number of nitrogens with one attached hydrogen (secondary N) is 1. The Morgan fingerprint density at radius 2 is 1.75 bits per heavy atom. The van der Waals surface area contributed by atoms with Crippen LogP contribution in [-0.4, -0.2) is 23.6 Å². The standard InChI is InChI=1S/C19H21NO4/c1-2-24-17-10-8-16(9-11-17)20-18(21)13-15(19(22)23)12-14-6-4-3-5-7-14/h3-11,15H,2,12-13H2,1H3,(H,20,21)(H,22,23)/t15-/m0/s1. The van der Waals surface area contributed by atoms with E-state index in [1.54, 1.807) is 24.3 Å². The Hall–Kier alpha value is -2.82. The van der Waals surface area contributed by atoms with Crippen molar-refractivity contribution in [1.29, 1.82) is 0 Å². The fourth-order valence-electron chi connectivity index (χ4n) is 2.38. The molecule has 0 unspecified atom stereocenters. The summed E-state index contributed by atoms with van der Waals surface area (Å²) in [5, 5.41) is 12.1. The van der Waals surface area contributed by atoms with Crippen LogP contribution < -0.4 is 10.1 Å². The Kier molecular flexibility index (Phi) is 6.37. The molecule has 0 aliphatic heterocycles. The number of ether oxygens (including phenoxy) is 1. The van der Waals surface area contributed by atoms with Crippen LogP contribution in [0.2, 0.25) is 0 Å². The zero-order valence-electron chi connectivity index (χ0n) is 13.6. The molecule has 0 saturated heterocycles. The second kappa shape index (κ2) is 8.72. The highest BCUT2D eigenvalue weighted by Gasteiger charge is 2.21. The number of carboxylic acid groups (broad SMARTS) is 1. The maximum absolute atomic E-state index is 12.1. The summed E-state index contributed by atoms with van der Waals surface area (Å²) < 4.78 is 5.34. The monoisotopic (exact) mass is 327 g/mol. The first kappa shape index (κ1) is 17.5. The van der Waals surface area contributed by atoms with E-state index in [2.05, 4.69) is 5.32 Å². The van der Waals surface area contributed by atoms with E-state index in [0.717, 1.165) is 11.3 Å². The van der Waals surface area contributed by atoms with Gasteiger partial charge in [-0.15, -0.1) is 0 Å². The van der Waals surface area contributed by atoms with Gasteiger partial charge in [0.1, 0.15) is 5.75 Å². The number of anilines is 1. The van der Waals surface area contributed by atoms with Gasteiger partial charge in [-0.2, -0.15) is 0 Å². The van der Waals surface area contributed by atoms with Crippen molar-refractivity contribution in [3.05, 3.63) is 60.2 Å². The van der Waals surface area contributed by atoms with Gasteiger partial charge in [-0.25, -0.2) is 0 Å². The third-order valence-corrected chi connectivity index (χ3v) is 3.56. The molecular formula is C19H21NO4. The quantitative estimate of drug-likeness (QED) is 0.779. The second-order valence-corrected chi connectivity index (χ2v) is 5.43. The molecule has 0 aliphatic carbocycles. The van der Waals surface area contributed by atoms with Crippen molar-refractivity contribution in [3.8, 4) is 5.75 Å². The molecule has 2 aromatic rings. The minimum Gasteiger partial charge on any atom is -0.494 e. The number of benzene rings is 2.